The predicted molar refractivity (Wildman–Crippen MR) is 136 cm³/mol. The highest BCUT2D eigenvalue weighted by Crippen LogP contribution is 2.48. The zero-order chi connectivity index (χ0) is 24.9. The summed E-state index contributed by atoms with van der Waals surface area (Å²) in [5.41, 5.74) is 1.57. The van der Waals surface area contributed by atoms with Gasteiger partial charge in [-0.1, -0.05) is 36.7 Å². The molecule has 2 N–H and O–H groups in total. The summed E-state index contributed by atoms with van der Waals surface area (Å²) in [6.07, 6.45) is 2.77. The van der Waals surface area contributed by atoms with Crippen molar-refractivity contribution in [1.82, 2.24) is 14.9 Å². The fraction of sp³-hybridized carbons (Fsp3) is 0.320. The van der Waals surface area contributed by atoms with Crippen LogP contribution in [0.1, 0.15) is 6.92 Å². The third kappa shape index (κ3) is 4.04. The van der Waals surface area contributed by atoms with Gasteiger partial charge in [-0.15, -0.1) is 0 Å². The Morgan fingerprint density at radius 2 is 1.97 bits per heavy atom. The first kappa shape index (κ1) is 23.6. The zero-order valence-corrected chi connectivity index (χ0v) is 20.7. The Labute approximate surface area is 212 Å². The van der Waals surface area contributed by atoms with Crippen LogP contribution in [0.15, 0.2) is 43.2 Å². The van der Waals surface area contributed by atoms with Gasteiger partial charge in [-0.25, -0.2) is 14.4 Å². The molecule has 2 saturated heterocycles. The van der Waals surface area contributed by atoms with Crippen LogP contribution in [-0.2, 0) is 4.79 Å². The summed E-state index contributed by atoms with van der Waals surface area (Å²) in [4.78, 5) is 22.6. The van der Waals surface area contributed by atoms with Gasteiger partial charge >= 0.3 is 0 Å². The van der Waals surface area contributed by atoms with Gasteiger partial charge in [0.2, 0.25) is 5.91 Å². The highest BCUT2D eigenvalue weighted by atomic mass is 35.5. The third-order valence-corrected chi connectivity index (χ3v) is 7.97. The first-order chi connectivity index (χ1) is 16.8. The predicted octanol–water partition coefficient (Wildman–Crippen LogP) is 5.52. The van der Waals surface area contributed by atoms with E-state index in [9.17, 15) is 9.18 Å². The van der Waals surface area contributed by atoms with Crippen molar-refractivity contribution in [1.29, 1.82) is 0 Å². The van der Waals surface area contributed by atoms with E-state index in [0.717, 1.165) is 5.69 Å². The fourth-order valence-electron chi connectivity index (χ4n) is 5.20. The average Bonchev–Trinajstić information content (AvgIpc) is 2.88. The van der Waals surface area contributed by atoms with E-state index >= 15 is 0 Å². The molecule has 10 heteroatoms. The number of hydrogen-bond acceptors (Lipinski definition) is 6. The Hall–Kier alpha value is -3.10. The maximum Gasteiger partial charge on any atom is 0.245 e. The number of halogens is 3. The van der Waals surface area contributed by atoms with Crippen LogP contribution < -0.4 is 15.4 Å². The minimum atomic E-state index is -0.660. The number of anilines is 3. The maximum absolute atomic E-state index is 14.7. The SMILES string of the molecule is C=CC(=O)N1CC2C(C)C(C1)C2Nc1cc2c(Nc3ccc(Cl)c(Cl)c3F)ncnc2cc1OC. The van der Waals surface area contributed by atoms with E-state index in [0.29, 0.717) is 53.3 Å². The van der Waals surface area contributed by atoms with Crippen molar-refractivity contribution in [3.63, 3.8) is 0 Å². The van der Waals surface area contributed by atoms with Crippen molar-refractivity contribution in [3.8, 4) is 5.75 Å². The molecule has 3 fully saturated rings. The minimum absolute atomic E-state index is 0.0314. The van der Waals surface area contributed by atoms with Crippen molar-refractivity contribution in [3.05, 3.63) is 59.1 Å². The normalized spacial score (nSPS) is 22.9. The second kappa shape index (κ2) is 9.17. The maximum atomic E-state index is 14.7. The van der Waals surface area contributed by atoms with Crippen molar-refractivity contribution >= 4 is 57.2 Å². The van der Waals surface area contributed by atoms with E-state index in [-0.39, 0.29) is 27.7 Å². The lowest BCUT2D eigenvalue weighted by atomic mass is 9.58. The summed E-state index contributed by atoms with van der Waals surface area (Å²) < 4.78 is 20.3. The number of fused-ring (bicyclic) bond motifs is 3. The molecule has 3 aliphatic rings. The number of ether oxygens (including phenoxy) is 1. The minimum Gasteiger partial charge on any atom is -0.495 e. The number of rotatable bonds is 6. The van der Waals surface area contributed by atoms with Crippen molar-refractivity contribution < 1.29 is 13.9 Å². The summed E-state index contributed by atoms with van der Waals surface area (Å²) in [7, 11) is 1.60. The van der Waals surface area contributed by atoms with Gasteiger partial charge in [0.05, 0.1) is 34.0 Å². The van der Waals surface area contributed by atoms with E-state index < -0.39 is 5.82 Å². The van der Waals surface area contributed by atoms with Gasteiger partial charge in [0, 0.05) is 30.6 Å². The molecule has 35 heavy (non-hydrogen) atoms. The number of amides is 1. The van der Waals surface area contributed by atoms with Gasteiger partial charge in [-0.3, -0.25) is 4.79 Å². The molecule has 1 saturated carbocycles. The standard InChI is InChI=1S/C25H24Cl2FN5O2/c1-4-21(34)33-9-14-12(2)15(10-33)24(14)31-19-7-13-18(8-20(19)35-3)29-11-30-25(13)32-17-6-5-16(26)22(27)23(17)28/h4-8,11-12,14-15,24,31H,1,9-10H2,2-3H3,(H,29,30,32). The van der Waals surface area contributed by atoms with Crippen LogP contribution in [0.5, 0.6) is 5.75 Å². The first-order valence-corrected chi connectivity index (χ1v) is 12.0. The van der Waals surface area contributed by atoms with Crippen molar-refractivity contribution in [2.24, 2.45) is 17.8 Å². The van der Waals surface area contributed by atoms with Crippen molar-refractivity contribution in [2.45, 2.75) is 13.0 Å². The number of methoxy groups -OCH3 is 1. The molecule has 3 aromatic rings. The number of hydrogen-bond donors (Lipinski definition) is 2. The van der Waals surface area contributed by atoms with E-state index in [1.54, 1.807) is 7.11 Å². The van der Waals surface area contributed by atoms with Crippen LogP contribution in [0.25, 0.3) is 10.9 Å². The Balaban J connectivity index is 1.46. The van der Waals surface area contributed by atoms with Gasteiger partial charge in [-0.2, -0.15) is 0 Å². The number of carbonyl (C=O) groups excluding carboxylic acids is 1. The highest BCUT2D eigenvalue weighted by Gasteiger charge is 2.53. The van der Waals surface area contributed by atoms with Gasteiger partial charge < -0.3 is 20.3 Å². The summed E-state index contributed by atoms with van der Waals surface area (Å²) in [5.74, 6) is 1.50. The summed E-state index contributed by atoms with van der Waals surface area (Å²) in [6, 6.07) is 6.94. The molecular formula is C25H24Cl2FN5O2. The van der Waals surface area contributed by atoms with E-state index in [4.69, 9.17) is 27.9 Å². The van der Waals surface area contributed by atoms with Gasteiger partial charge in [0.15, 0.2) is 5.82 Å². The number of carbonyl (C=O) groups is 1. The monoisotopic (exact) mass is 515 g/mol. The molecule has 2 aliphatic heterocycles. The number of nitrogens with zero attached hydrogens (tertiary/aromatic N) is 3. The summed E-state index contributed by atoms with van der Waals surface area (Å²) in [5, 5.41) is 7.30. The molecule has 1 aromatic heterocycles. The van der Waals surface area contributed by atoms with Crippen LogP contribution in [-0.4, -0.2) is 47.0 Å². The lowest BCUT2D eigenvalue weighted by Gasteiger charge is -2.58. The highest BCUT2D eigenvalue weighted by molar-refractivity contribution is 6.42. The van der Waals surface area contributed by atoms with E-state index in [1.807, 2.05) is 17.0 Å². The molecule has 0 spiro atoms. The fourth-order valence-corrected chi connectivity index (χ4v) is 5.52. The smallest absolute Gasteiger partial charge is 0.245 e. The molecule has 2 atom stereocenters. The van der Waals surface area contributed by atoms with E-state index in [2.05, 4.69) is 34.1 Å². The van der Waals surface area contributed by atoms with Crippen LogP contribution in [0, 0.1) is 23.6 Å². The van der Waals surface area contributed by atoms with Gasteiger partial charge in [0.25, 0.3) is 0 Å². The Kier molecular flexibility index (Phi) is 6.19. The Morgan fingerprint density at radius 1 is 1.23 bits per heavy atom. The Bertz CT molecular complexity index is 1320. The second-order valence-electron chi connectivity index (χ2n) is 8.94. The third-order valence-electron chi connectivity index (χ3n) is 7.19. The van der Waals surface area contributed by atoms with Crippen LogP contribution in [0.2, 0.25) is 10.0 Å². The van der Waals surface area contributed by atoms with Crippen LogP contribution >= 0.6 is 23.2 Å². The average molecular weight is 516 g/mol. The second-order valence-corrected chi connectivity index (χ2v) is 9.73. The quantitative estimate of drug-likeness (QED) is 0.332. The van der Waals surface area contributed by atoms with Crippen molar-refractivity contribution in [2.75, 3.05) is 30.8 Å². The first-order valence-electron chi connectivity index (χ1n) is 11.2. The molecule has 2 aromatic carbocycles. The molecule has 1 amide bonds. The zero-order valence-electron chi connectivity index (χ0n) is 19.2. The summed E-state index contributed by atoms with van der Waals surface area (Å²) in [6.45, 7) is 7.20. The van der Waals surface area contributed by atoms with Gasteiger partial charge in [-0.05, 0) is 42.0 Å². The van der Waals surface area contributed by atoms with E-state index in [1.165, 1.54) is 24.5 Å². The molecule has 2 unspecified atom stereocenters. The molecule has 7 nitrogen and oxygen atoms in total. The lowest BCUT2D eigenvalue weighted by Crippen LogP contribution is -2.66. The molecule has 1 aliphatic carbocycles. The van der Waals surface area contributed by atoms with Gasteiger partial charge in [0.1, 0.15) is 17.9 Å². The topological polar surface area (TPSA) is 79.4 Å². The summed E-state index contributed by atoms with van der Waals surface area (Å²) >= 11 is 11.9. The number of piperidine rings is 2. The number of nitrogens with one attached hydrogen (secondary N) is 2. The molecule has 0 radical (unpaired) electrons. The Morgan fingerprint density at radius 3 is 2.66 bits per heavy atom. The molecule has 182 valence electrons. The lowest BCUT2D eigenvalue weighted by molar-refractivity contribution is -0.137. The molecular weight excluding hydrogens is 492 g/mol. The molecule has 2 bridgehead atoms. The number of aromatic nitrogens is 2. The molecule has 3 heterocycles. The molecule has 6 rings (SSSR count). The van der Waals surface area contributed by atoms with Crippen LogP contribution in [0.4, 0.5) is 21.6 Å². The largest absolute Gasteiger partial charge is 0.495 e. The number of benzene rings is 2. The van der Waals surface area contributed by atoms with Crippen LogP contribution in [0.3, 0.4) is 0 Å².